The third-order valence-electron chi connectivity index (χ3n) is 3.15. The minimum Gasteiger partial charge on any atom is -0.394 e. The van der Waals surface area contributed by atoms with Crippen LogP contribution in [0.2, 0.25) is 0 Å². The topological polar surface area (TPSA) is 75.3 Å². The summed E-state index contributed by atoms with van der Waals surface area (Å²) in [5.74, 6) is -0.344. The average Bonchev–Trinajstić information content (AvgIpc) is 2.37. The van der Waals surface area contributed by atoms with Gasteiger partial charge < -0.3 is 16.2 Å². The van der Waals surface area contributed by atoms with Gasteiger partial charge >= 0.3 is 0 Å². The molecular formula is C13H18N2O2. The molecule has 1 unspecified atom stereocenters. The molecule has 1 atom stereocenters. The van der Waals surface area contributed by atoms with Gasteiger partial charge in [0.2, 0.25) is 5.91 Å². The Kier molecular flexibility index (Phi) is 3.76. The van der Waals surface area contributed by atoms with Crippen molar-refractivity contribution in [3.8, 4) is 0 Å². The molecule has 0 aromatic heterocycles. The van der Waals surface area contributed by atoms with Gasteiger partial charge in [-0.1, -0.05) is 6.07 Å². The zero-order valence-electron chi connectivity index (χ0n) is 9.78. The van der Waals surface area contributed by atoms with Crippen LogP contribution in [-0.2, 0) is 17.6 Å². The molecule has 0 radical (unpaired) electrons. The van der Waals surface area contributed by atoms with E-state index in [2.05, 4.69) is 11.4 Å². The summed E-state index contributed by atoms with van der Waals surface area (Å²) >= 11 is 0. The predicted octanol–water partition coefficient (Wildman–Crippen LogP) is 0.823. The Bertz CT molecular complexity index is 418. The molecule has 2 rings (SSSR count). The minimum atomic E-state index is -0.856. The number of carbonyl (C=O) groups excluding carboxylic acids is 1. The van der Waals surface area contributed by atoms with Gasteiger partial charge in [-0.3, -0.25) is 4.79 Å². The third-order valence-corrected chi connectivity index (χ3v) is 3.15. The lowest BCUT2D eigenvalue weighted by Crippen LogP contribution is -2.38. The Balaban J connectivity index is 2.09. The van der Waals surface area contributed by atoms with E-state index < -0.39 is 6.04 Å². The maximum Gasteiger partial charge on any atom is 0.243 e. The van der Waals surface area contributed by atoms with Gasteiger partial charge in [0.15, 0.2) is 0 Å². The second-order valence-corrected chi connectivity index (χ2v) is 4.47. The first-order valence-electron chi connectivity index (χ1n) is 6.00. The predicted molar refractivity (Wildman–Crippen MR) is 66.8 cm³/mol. The van der Waals surface area contributed by atoms with E-state index in [1.165, 1.54) is 24.0 Å². The summed E-state index contributed by atoms with van der Waals surface area (Å²) in [6, 6.07) is 5.11. The van der Waals surface area contributed by atoms with Crippen molar-refractivity contribution in [2.75, 3.05) is 11.9 Å². The van der Waals surface area contributed by atoms with E-state index in [4.69, 9.17) is 10.8 Å². The molecule has 4 N–H and O–H groups in total. The molecule has 0 heterocycles. The number of carbonyl (C=O) groups is 1. The lowest BCUT2D eigenvalue weighted by atomic mass is 9.91. The fourth-order valence-corrected chi connectivity index (χ4v) is 2.13. The Morgan fingerprint density at radius 1 is 1.35 bits per heavy atom. The van der Waals surface area contributed by atoms with E-state index in [-0.39, 0.29) is 12.5 Å². The maximum atomic E-state index is 11.5. The quantitative estimate of drug-likeness (QED) is 0.725. The van der Waals surface area contributed by atoms with Gasteiger partial charge in [0, 0.05) is 5.69 Å². The fourth-order valence-electron chi connectivity index (χ4n) is 2.13. The van der Waals surface area contributed by atoms with Gasteiger partial charge in [-0.15, -0.1) is 0 Å². The van der Waals surface area contributed by atoms with Crippen molar-refractivity contribution >= 4 is 11.6 Å². The van der Waals surface area contributed by atoms with E-state index >= 15 is 0 Å². The number of hydrogen-bond acceptors (Lipinski definition) is 3. The Labute approximate surface area is 101 Å². The van der Waals surface area contributed by atoms with Crippen molar-refractivity contribution in [1.29, 1.82) is 0 Å². The Morgan fingerprint density at radius 2 is 2.06 bits per heavy atom. The normalized spacial score (nSPS) is 16.1. The summed E-state index contributed by atoms with van der Waals surface area (Å²) in [6.07, 6.45) is 4.65. The largest absolute Gasteiger partial charge is 0.394 e. The highest BCUT2D eigenvalue weighted by Crippen LogP contribution is 2.24. The molecule has 0 fully saturated rings. The number of aliphatic hydroxyl groups excluding tert-OH is 1. The fraction of sp³-hybridized carbons (Fsp3) is 0.462. The summed E-state index contributed by atoms with van der Waals surface area (Å²) < 4.78 is 0. The highest BCUT2D eigenvalue weighted by Gasteiger charge is 2.14. The number of nitrogens with one attached hydrogen (secondary N) is 1. The first kappa shape index (κ1) is 12.1. The van der Waals surface area contributed by atoms with Crippen molar-refractivity contribution in [2.24, 2.45) is 5.73 Å². The molecule has 1 aromatic rings. The highest BCUT2D eigenvalue weighted by molar-refractivity contribution is 5.94. The van der Waals surface area contributed by atoms with Crippen LogP contribution in [0.25, 0.3) is 0 Å². The lowest BCUT2D eigenvalue weighted by Gasteiger charge is -2.17. The second-order valence-electron chi connectivity index (χ2n) is 4.47. The smallest absolute Gasteiger partial charge is 0.243 e. The minimum absolute atomic E-state index is 0.337. The van der Waals surface area contributed by atoms with Gasteiger partial charge in [0.25, 0.3) is 0 Å². The lowest BCUT2D eigenvalue weighted by molar-refractivity contribution is -0.118. The third kappa shape index (κ3) is 2.84. The monoisotopic (exact) mass is 234 g/mol. The van der Waals surface area contributed by atoms with E-state index in [1.807, 2.05) is 12.1 Å². The van der Waals surface area contributed by atoms with E-state index in [0.717, 1.165) is 18.5 Å². The molecule has 0 bridgehead atoms. The van der Waals surface area contributed by atoms with Crippen LogP contribution in [0.5, 0.6) is 0 Å². The van der Waals surface area contributed by atoms with Crippen LogP contribution in [0.4, 0.5) is 5.69 Å². The summed E-state index contributed by atoms with van der Waals surface area (Å²) in [4.78, 5) is 11.5. The number of aryl methyl sites for hydroxylation is 2. The SMILES string of the molecule is NC(CO)C(=O)Nc1ccc2c(c1)CCCC2. The molecule has 4 heteroatoms. The summed E-state index contributed by atoms with van der Waals surface area (Å²) in [5, 5.41) is 11.5. The molecule has 0 saturated carbocycles. The number of anilines is 1. The van der Waals surface area contributed by atoms with Crippen LogP contribution in [0, 0.1) is 0 Å². The van der Waals surface area contributed by atoms with Crippen LogP contribution in [-0.4, -0.2) is 23.7 Å². The van der Waals surface area contributed by atoms with E-state index in [1.54, 1.807) is 0 Å². The molecule has 1 aromatic carbocycles. The second kappa shape index (κ2) is 5.29. The van der Waals surface area contributed by atoms with E-state index in [0.29, 0.717) is 0 Å². The maximum absolute atomic E-state index is 11.5. The summed E-state index contributed by atoms with van der Waals surface area (Å²) in [7, 11) is 0. The van der Waals surface area contributed by atoms with Crippen LogP contribution in [0.15, 0.2) is 18.2 Å². The standard InChI is InChI=1S/C13H18N2O2/c14-12(8-16)13(17)15-11-6-5-9-3-1-2-4-10(9)7-11/h5-7,12,16H,1-4,8,14H2,(H,15,17). The van der Waals surface area contributed by atoms with Gasteiger partial charge in [-0.25, -0.2) is 0 Å². The van der Waals surface area contributed by atoms with Crippen molar-refractivity contribution in [3.05, 3.63) is 29.3 Å². The molecular weight excluding hydrogens is 216 g/mol. The zero-order chi connectivity index (χ0) is 12.3. The average molecular weight is 234 g/mol. The van der Waals surface area contributed by atoms with E-state index in [9.17, 15) is 4.79 Å². The molecule has 17 heavy (non-hydrogen) atoms. The van der Waals surface area contributed by atoms with Gasteiger partial charge in [0.05, 0.1) is 6.61 Å². The first-order valence-corrected chi connectivity index (χ1v) is 6.00. The number of fused-ring (bicyclic) bond motifs is 1. The summed E-state index contributed by atoms with van der Waals surface area (Å²) in [5.41, 5.74) is 8.89. The van der Waals surface area contributed by atoms with Gasteiger partial charge in [-0.05, 0) is 48.9 Å². The van der Waals surface area contributed by atoms with Crippen molar-refractivity contribution < 1.29 is 9.90 Å². The molecule has 1 aliphatic carbocycles. The summed E-state index contributed by atoms with van der Waals surface area (Å²) in [6.45, 7) is -0.337. The first-order chi connectivity index (χ1) is 8.20. The number of rotatable bonds is 3. The number of hydrogen-bond donors (Lipinski definition) is 3. The van der Waals surface area contributed by atoms with Crippen molar-refractivity contribution in [1.82, 2.24) is 0 Å². The molecule has 0 aliphatic heterocycles. The van der Waals surface area contributed by atoms with Crippen LogP contribution >= 0.6 is 0 Å². The number of amides is 1. The zero-order valence-corrected chi connectivity index (χ0v) is 9.78. The number of nitrogens with two attached hydrogens (primary N) is 1. The molecule has 0 spiro atoms. The molecule has 92 valence electrons. The number of benzene rings is 1. The van der Waals surface area contributed by atoms with Crippen LogP contribution in [0.1, 0.15) is 24.0 Å². The molecule has 1 amide bonds. The number of aliphatic hydroxyl groups is 1. The Morgan fingerprint density at radius 3 is 2.76 bits per heavy atom. The van der Waals surface area contributed by atoms with Crippen LogP contribution in [0.3, 0.4) is 0 Å². The molecule has 4 nitrogen and oxygen atoms in total. The highest BCUT2D eigenvalue weighted by atomic mass is 16.3. The van der Waals surface area contributed by atoms with Gasteiger partial charge in [-0.2, -0.15) is 0 Å². The van der Waals surface area contributed by atoms with Crippen molar-refractivity contribution in [2.45, 2.75) is 31.7 Å². The van der Waals surface area contributed by atoms with Crippen LogP contribution < -0.4 is 11.1 Å². The van der Waals surface area contributed by atoms with Crippen molar-refractivity contribution in [3.63, 3.8) is 0 Å². The molecule has 1 aliphatic rings. The van der Waals surface area contributed by atoms with Gasteiger partial charge in [0.1, 0.15) is 6.04 Å². The molecule has 0 saturated heterocycles. The Hall–Kier alpha value is -1.39.